The summed E-state index contributed by atoms with van der Waals surface area (Å²) in [5, 5.41) is 0. The number of nitrogens with zero attached hydrogens (tertiary/aromatic N) is 3. The summed E-state index contributed by atoms with van der Waals surface area (Å²) in [7, 11) is 0. The van der Waals surface area contributed by atoms with Gasteiger partial charge in [-0.3, -0.25) is 14.9 Å². The quantitative estimate of drug-likeness (QED) is 0.366. The molecule has 1 amide bonds. The minimum Gasteiger partial charge on any atom is -0.448 e. The highest BCUT2D eigenvalue weighted by Crippen LogP contribution is 2.45. The summed E-state index contributed by atoms with van der Waals surface area (Å²) in [6.45, 7) is 0.364. The zero-order valence-corrected chi connectivity index (χ0v) is 19.3. The molecule has 0 radical (unpaired) electrons. The molecule has 2 bridgehead atoms. The Labute approximate surface area is 204 Å². The lowest BCUT2D eigenvalue weighted by molar-refractivity contribution is 0.0866. The van der Waals surface area contributed by atoms with Crippen LogP contribution in [0.1, 0.15) is 41.9 Å². The molecule has 5 nitrogen and oxygen atoms in total. The minimum absolute atomic E-state index is 0.0805. The average Bonchev–Trinajstić information content (AvgIpc) is 3.37. The molecule has 4 aromatic rings. The van der Waals surface area contributed by atoms with Crippen molar-refractivity contribution < 1.29 is 9.53 Å². The lowest BCUT2D eigenvalue weighted by Crippen LogP contribution is -2.43. The predicted octanol–water partition coefficient (Wildman–Crippen LogP) is 6.20. The van der Waals surface area contributed by atoms with Crippen LogP contribution in [0.15, 0.2) is 85.2 Å². The van der Waals surface area contributed by atoms with Crippen LogP contribution in [0, 0.1) is 0 Å². The van der Waals surface area contributed by atoms with Crippen molar-refractivity contribution in [2.45, 2.75) is 37.3 Å². The number of benzene rings is 3. The van der Waals surface area contributed by atoms with Gasteiger partial charge in [0.25, 0.3) is 0 Å². The van der Waals surface area contributed by atoms with Crippen molar-refractivity contribution in [3.8, 4) is 11.1 Å². The Morgan fingerprint density at radius 1 is 0.886 bits per heavy atom. The van der Waals surface area contributed by atoms with E-state index in [9.17, 15) is 4.79 Å². The lowest BCUT2D eigenvalue weighted by atomic mass is 9.94. The van der Waals surface area contributed by atoms with Crippen LogP contribution in [0.2, 0.25) is 0 Å². The van der Waals surface area contributed by atoms with Crippen molar-refractivity contribution in [2.75, 3.05) is 6.61 Å². The van der Waals surface area contributed by atoms with E-state index in [-0.39, 0.29) is 24.1 Å². The number of amides is 1. The molecule has 0 spiro atoms. The molecule has 3 aliphatic rings. The molecule has 172 valence electrons. The number of rotatable bonds is 3. The largest absolute Gasteiger partial charge is 0.448 e. The van der Waals surface area contributed by atoms with Gasteiger partial charge in [0.15, 0.2) is 0 Å². The first-order valence-corrected chi connectivity index (χ1v) is 12.3. The van der Waals surface area contributed by atoms with Crippen LogP contribution in [-0.4, -0.2) is 39.7 Å². The predicted molar refractivity (Wildman–Crippen MR) is 136 cm³/mol. The second-order valence-electron chi connectivity index (χ2n) is 9.67. The van der Waals surface area contributed by atoms with Crippen molar-refractivity contribution in [1.29, 1.82) is 0 Å². The van der Waals surface area contributed by atoms with Crippen molar-refractivity contribution in [3.63, 3.8) is 0 Å². The Morgan fingerprint density at radius 2 is 1.60 bits per heavy atom. The number of hydrogen-bond donors (Lipinski definition) is 0. The van der Waals surface area contributed by atoms with Crippen molar-refractivity contribution in [3.05, 3.63) is 102 Å². The third kappa shape index (κ3) is 3.34. The summed E-state index contributed by atoms with van der Waals surface area (Å²) in [6, 6.07) is 23.4. The van der Waals surface area contributed by atoms with E-state index in [1.807, 2.05) is 11.0 Å². The average molecular weight is 460 g/mol. The first kappa shape index (κ1) is 20.4. The summed E-state index contributed by atoms with van der Waals surface area (Å²) < 4.78 is 6.00. The van der Waals surface area contributed by atoms with Crippen LogP contribution in [0.5, 0.6) is 0 Å². The van der Waals surface area contributed by atoms with Gasteiger partial charge in [-0.05, 0) is 64.8 Å². The maximum atomic E-state index is 13.3. The molecule has 1 aliphatic carbocycles. The van der Waals surface area contributed by atoms with Crippen LogP contribution in [0.25, 0.3) is 27.7 Å². The zero-order chi connectivity index (χ0) is 23.4. The van der Waals surface area contributed by atoms with E-state index >= 15 is 0 Å². The van der Waals surface area contributed by atoms with Gasteiger partial charge in [0.2, 0.25) is 0 Å². The van der Waals surface area contributed by atoms with Gasteiger partial charge < -0.3 is 4.74 Å². The van der Waals surface area contributed by atoms with E-state index < -0.39 is 0 Å². The normalized spacial score (nSPS) is 20.5. The van der Waals surface area contributed by atoms with Gasteiger partial charge in [-0.2, -0.15) is 0 Å². The van der Waals surface area contributed by atoms with E-state index in [2.05, 4.69) is 76.7 Å². The monoisotopic (exact) mass is 459 g/mol. The maximum absolute atomic E-state index is 13.3. The molecular formula is C30H25N3O2. The summed E-state index contributed by atoms with van der Waals surface area (Å²) in [4.78, 5) is 24.1. The van der Waals surface area contributed by atoms with Crippen LogP contribution >= 0.6 is 0 Å². The second-order valence-corrected chi connectivity index (χ2v) is 9.67. The molecule has 7 rings (SSSR count). The first-order valence-electron chi connectivity index (χ1n) is 12.3. The van der Waals surface area contributed by atoms with Crippen LogP contribution in [0.3, 0.4) is 0 Å². The highest BCUT2D eigenvalue weighted by molar-refractivity contribution is 5.82. The summed E-state index contributed by atoms with van der Waals surface area (Å²) in [5.41, 5.74) is 9.22. The molecule has 1 fully saturated rings. The fraction of sp³-hybridized carbons (Fsp3) is 0.233. The highest BCUT2D eigenvalue weighted by Gasteiger charge is 2.41. The van der Waals surface area contributed by atoms with E-state index in [4.69, 9.17) is 4.74 Å². The number of carbonyl (C=O) groups excluding carboxylic acids is 1. The third-order valence-electron chi connectivity index (χ3n) is 7.78. The molecule has 2 aliphatic heterocycles. The summed E-state index contributed by atoms with van der Waals surface area (Å²) in [5.74, 6) is 0.0820. The van der Waals surface area contributed by atoms with Gasteiger partial charge in [-0.15, -0.1) is 0 Å². The topological polar surface area (TPSA) is 55.3 Å². The van der Waals surface area contributed by atoms with Crippen LogP contribution < -0.4 is 0 Å². The number of aromatic nitrogens is 2. The number of ether oxygens (including phenoxy) is 1. The minimum atomic E-state index is -0.195. The highest BCUT2D eigenvalue weighted by atomic mass is 16.6. The standard InChI is InChI=1S/C30H25N3O2/c34-30(35-18-27-25-7-3-1-5-23(25)24-6-2-4-8-26(24)27)33-21-10-11-22(33)16-20(15-21)19-9-12-28-29(17-19)32-14-13-31-28/h1-9,12-15,17,21-22,27H,10-11,16,18H2. The number of carbonyl (C=O) groups is 1. The Kier molecular flexibility index (Phi) is 4.69. The molecular weight excluding hydrogens is 434 g/mol. The smallest absolute Gasteiger partial charge is 0.410 e. The maximum Gasteiger partial charge on any atom is 0.410 e. The van der Waals surface area contributed by atoms with Gasteiger partial charge in [-0.25, -0.2) is 4.79 Å². The number of hydrogen-bond acceptors (Lipinski definition) is 4. The summed E-state index contributed by atoms with van der Waals surface area (Å²) >= 11 is 0. The Balaban J connectivity index is 1.11. The Bertz CT molecular complexity index is 1450. The van der Waals surface area contributed by atoms with Crippen LogP contribution in [0.4, 0.5) is 4.79 Å². The molecule has 1 saturated heterocycles. The van der Waals surface area contributed by atoms with Crippen LogP contribution in [-0.2, 0) is 4.74 Å². The molecule has 5 heteroatoms. The summed E-state index contributed by atoms with van der Waals surface area (Å²) in [6.07, 6.45) is 8.32. The van der Waals surface area contributed by atoms with Gasteiger partial charge >= 0.3 is 6.09 Å². The van der Waals surface area contributed by atoms with E-state index in [1.165, 1.54) is 33.4 Å². The van der Waals surface area contributed by atoms with E-state index in [0.29, 0.717) is 6.61 Å². The lowest BCUT2D eigenvalue weighted by Gasteiger charge is -2.33. The molecule has 0 saturated carbocycles. The molecule has 35 heavy (non-hydrogen) atoms. The Morgan fingerprint density at radius 3 is 2.34 bits per heavy atom. The third-order valence-corrected chi connectivity index (χ3v) is 7.78. The van der Waals surface area contributed by atoms with Gasteiger partial charge in [0.05, 0.1) is 17.1 Å². The molecule has 2 unspecified atom stereocenters. The van der Waals surface area contributed by atoms with Crippen molar-refractivity contribution in [2.24, 2.45) is 0 Å². The fourth-order valence-electron chi connectivity index (χ4n) is 6.16. The van der Waals surface area contributed by atoms with Crippen molar-refractivity contribution in [1.82, 2.24) is 14.9 Å². The second kappa shape index (κ2) is 8.05. The van der Waals surface area contributed by atoms with Gasteiger partial charge in [0.1, 0.15) is 6.61 Å². The first-order chi connectivity index (χ1) is 17.3. The zero-order valence-electron chi connectivity index (χ0n) is 19.3. The molecule has 0 N–H and O–H groups in total. The SMILES string of the molecule is O=C(OCC1c2ccccc2-c2ccccc21)N1C2C=C(c3ccc4nccnc4c3)CC1CC2. The molecule has 3 aromatic carbocycles. The Hall–Kier alpha value is -3.99. The fourth-order valence-corrected chi connectivity index (χ4v) is 6.16. The molecule has 2 atom stereocenters. The van der Waals surface area contributed by atoms with E-state index in [0.717, 1.165) is 30.3 Å². The van der Waals surface area contributed by atoms with E-state index in [1.54, 1.807) is 12.4 Å². The van der Waals surface area contributed by atoms with Gasteiger partial charge in [0, 0.05) is 24.4 Å². The van der Waals surface area contributed by atoms with Crippen molar-refractivity contribution >= 4 is 22.7 Å². The number of fused-ring (bicyclic) bond motifs is 6. The van der Waals surface area contributed by atoms with Gasteiger partial charge in [-0.1, -0.05) is 60.7 Å². The molecule has 1 aromatic heterocycles. The molecule has 3 heterocycles.